The third-order valence-electron chi connectivity index (χ3n) is 3.20. The second kappa shape index (κ2) is 7.70. The molecule has 0 aliphatic carbocycles. The topological polar surface area (TPSA) is 15.3 Å². The molecule has 1 aromatic carbocycles. The Kier molecular flexibility index (Phi) is 6.56. The normalized spacial score (nSPS) is 13.0. The van der Waals surface area contributed by atoms with Crippen LogP contribution in [0.4, 0.5) is 0 Å². The Morgan fingerprint density at radius 1 is 1.24 bits per heavy atom. The molecule has 0 saturated heterocycles. The van der Waals surface area contributed by atoms with Crippen LogP contribution in [0.1, 0.15) is 31.4 Å². The van der Waals surface area contributed by atoms with Crippen molar-refractivity contribution >= 4 is 11.6 Å². The van der Waals surface area contributed by atoms with E-state index in [0.717, 1.165) is 18.1 Å². The Hall–Kier alpha value is -0.570. The van der Waals surface area contributed by atoms with Crippen LogP contribution in [0.2, 0.25) is 5.02 Å². The second-order valence-electron chi connectivity index (χ2n) is 4.52. The molecule has 0 fully saturated rings. The van der Waals surface area contributed by atoms with Crippen LogP contribution >= 0.6 is 11.6 Å². The van der Waals surface area contributed by atoms with Crippen molar-refractivity contribution in [3.8, 4) is 0 Å². The van der Waals surface area contributed by atoms with Crippen LogP contribution in [0.15, 0.2) is 24.3 Å². The first-order valence-electron chi connectivity index (χ1n) is 6.25. The zero-order valence-corrected chi connectivity index (χ0v) is 11.8. The van der Waals surface area contributed by atoms with E-state index in [-0.39, 0.29) is 0 Å². The smallest absolute Gasteiger partial charge is 0.0406 e. The molecule has 0 aliphatic heterocycles. The lowest BCUT2D eigenvalue weighted by molar-refractivity contribution is 0.256. The van der Waals surface area contributed by atoms with Crippen molar-refractivity contribution in [2.24, 2.45) is 0 Å². The van der Waals surface area contributed by atoms with Crippen LogP contribution in [0.3, 0.4) is 0 Å². The summed E-state index contributed by atoms with van der Waals surface area (Å²) in [6.07, 6.45) is 2.46. The standard InChI is InChI=1S/C14H23ClN2/c1-12(13-6-8-14(15)9-7-13)17(3)11-5-4-10-16-2/h6-9,12,16H,4-5,10-11H2,1-3H3. The minimum atomic E-state index is 0.446. The molecule has 96 valence electrons. The first kappa shape index (κ1) is 14.5. The molecule has 3 heteroatoms. The highest BCUT2D eigenvalue weighted by Crippen LogP contribution is 2.20. The van der Waals surface area contributed by atoms with Gasteiger partial charge < -0.3 is 5.32 Å². The summed E-state index contributed by atoms with van der Waals surface area (Å²) in [5.41, 5.74) is 1.32. The zero-order valence-electron chi connectivity index (χ0n) is 11.0. The number of rotatable bonds is 7. The van der Waals surface area contributed by atoms with Crippen molar-refractivity contribution < 1.29 is 0 Å². The van der Waals surface area contributed by atoms with Crippen LogP contribution in [-0.2, 0) is 0 Å². The van der Waals surface area contributed by atoms with Crippen LogP contribution in [0.25, 0.3) is 0 Å². The summed E-state index contributed by atoms with van der Waals surface area (Å²) in [6.45, 7) is 4.47. The molecule has 0 heterocycles. The molecule has 0 amide bonds. The Morgan fingerprint density at radius 2 is 1.88 bits per heavy atom. The molecule has 2 nitrogen and oxygen atoms in total. The fourth-order valence-electron chi connectivity index (χ4n) is 1.85. The van der Waals surface area contributed by atoms with Crippen molar-refractivity contribution in [2.75, 3.05) is 27.2 Å². The van der Waals surface area contributed by atoms with Crippen LogP contribution in [0.5, 0.6) is 0 Å². The molecule has 17 heavy (non-hydrogen) atoms. The minimum Gasteiger partial charge on any atom is -0.320 e. The Labute approximate surface area is 110 Å². The van der Waals surface area contributed by atoms with Gasteiger partial charge in [-0.3, -0.25) is 4.90 Å². The van der Waals surface area contributed by atoms with Gasteiger partial charge in [-0.2, -0.15) is 0 Å². The lowest BCUT2D eigenvalue weighted by Gasteiger charge is -2.25. The number of hydrogen-bond acceptors (Lipinski definition) is 2. The molecular formula is C14H23ClN2. The van der Waals surface area contributed by atoms with Gasteiger partial charge >= 0.3 is 0 Å². The lowest BCUT2D eigenvalue weighted by atomic mass is 10.1. The van der Waals surface area contributed by atoms with Crippen molar-refractivity contribution in [1.29, 1.82) is 0 Å². The van der Waals surface area contributed by atoms with E-state index in [1.54, 1.807) is 0 Å². The van der Waals surface area contributed by atoms with Gasteiger partial charge in [0.05, 0.1) is 0 Å². The summed E-state index contributed by atoms with van der Waals surface area (Å²) in [7, 11) is 4.18. The van der Waals surface area contributed by atoms with Crippen LogP contribution in [0, 0.1) is 0 Å². The van der Waals surface area contributed by atoms with Gasteiger partial charge in [0.2, 0.25) is 0 Å². The van der Waals surface area contributed by atoms with E-state index in [4.69, 9.17) is 11.6 Å². The Bertz CT molecular complexity index is 311. The highest BCUT2D eigenvalue weighted by Gasteiger charge is 2.10. The van der Waals surface area contributed by atoms with Gasteiger partial charge in [0.1, 0.15) is 0 Å². The molecule has 1 unspecified atom stereocenters. The summed E-state index contributed by atoms with van der Waals surface area (Å²) >= 11 is 5.89. The third-order valence-corrected chi connectivity index (χ3v) is 3.45. The van der Waals surface area contributed by atoms with Gasteiger partial charge in [-0.15, -0.1) is 0 Å². The van der Waals surface area contributed by atoms with E-state index in [2.05, 4.69) is 36.3 Å². The van der Waals surface area contributed by atoms with Gasteiger partial charge in [-0.05, 0) is 64.6 Å². The van der Waals surface area contributed by atoms with Gasteiger partial charge in [0.25, 0.3) is 0 Å². The predicted octanol–water partition coefficient (Wildman–Crippen LogP) is 3.33. The van der Waals surface area contributed by atoms with E-state index in [1.807, 2.05) is 19.2 Å². The molecular weight excluding hydrogens is 232 g/mol. The zero-order chi connectivity index (χ0) is 12.7. The Morgan fingerprint density at radius 3 is 2.47 bits per heavy atom. The van der Waals surface area contributed by atoms with Crippen molar-refractivity contribution in [2.45, 2.75) is 25.8 Å². The summed E-state index contributed by atoms with van der Waals surface area (Å²) in [5.74, 6) is 0. The van der Waals surface area contributed by atoms with E-state index >= 15 is 0 Å². The summed E-state index contributed by atoms with van der Waals surface area (Å²) in [5, 5.41) is 3.98. The van der Waals surface area contributed by atoms with Crippen LogP contribution < -0.4 is 5.32 Å². The maximum atomic E-state index is 5.89. The number of hydrogen-bond donors (Lipinski definition) is 1. The second-order valence-corrected chi connectivity index (χ2v) is 4.96. The molecule has 1 aromatic rings. The van der Waals surface area contributed by atoms with Crippen molar-refractivity contribution in [3.63, 3.8) is 0 Å². The average Bonchev–Trinajstić information content (AvgIpc) is 2.34. The summed E-state index contributed by atoms with van der Waals surface area (Å²) in [4.78, 5) is 2.39. The minimum absolute atomic E-state index is 0.446. The van der Waals surface area contributed by atoms with E-state index in [9.17, 15) is 0 Å². The molecule has 1 N–H and O–H groups in total. The number of unbranched alkanes of at least 4 members (excludes halogenated alkanes) is 1. The lowest BCUT2D eigenvalue weighted by Crippen LogP contribution is -2.24. The first-order valence-corrected chi connectivity index (χ1v) is 6.63. The van der Waals surface area contributed by atoms with E-state index < -0.39 is 0 Å². The maximum Gasteiger partial charge on any atom is 0.0406 e. The summed E-state index contributed by atoms with van der Waals surface area (Å²) in [6, 6.07) is 8.58. The van der Waals surface area contributed by atoms with Gasteiger partial charge in [0.15, 0.2) is 0 Å². The van der Waals surface area contributed by atoms with Gasteiger partial charge in [-0.1, -0.05) is 23.7 Å². The number of benzene rings is 1. The van der Waals surface area contributed by atoms with E-state index in [0.29, 0.717) is 6.04 Å². The molecule has 1 atom stereocenters. The Balaban J connectivity index is 2.40. The van der Waals surface area contributed by atoms with Crippen molar-refractivity contribution in [1.82, 2.24) is 10.2 Å². The highest BCUT2D eigenvalue weighted by atomic mass is 35.5. The fourth-order valence-corrected chi connectivity index (χ4v) is 1.98. The number of nitrogens with one attached hydrogen (secondary N) is 1. The SMILES string of the molecule is CNCCCCN(C)C(C)c1ccc(Cl)cc1. The molecule has 0 radical (unpaired) electrons. The average molecular weight is 255 g/mol. The molecule has 1 rings (SSSR count). The first-order chi connectivity index (χ1) is 8.15. The molecule has 0 aliphatic rings. The highest BCUT2D eigenvalue weighted by molar-refractivity contribution is 6.30. The maximum absolute atomic E-state index is 5.89. The molecule has 0 saturated carbocycles. The number of nitrogens with zero attached hydrogens (tertiary/aromatic N) is 1. The van der Waals surface area contributed by atoms with Gasteiger partial charge in [-0.25, -0.2) is 0 Å². The predicted molar refractivity (Wildman–Crippen MR) is 75.7 cm³/mol. The van der Waals surface area contributed by atoms with E-state index in [1.165, 1.54) is 18.4 Å². The van der Waals surface area contributed by atoms with Crippen LogP contribution in [-0.4, -0.2) is 32.1 Å². The van der Waals surface area contributed by atoms with Gasteiger partial charge in [0, 0.05) is 11.1 Å². The quantitative estimate of drug-likeness (QED) is 0.751. The molecule has 0 aromatic heterocycles. The largest absolute Gasteiger partial charge is 0.320 e. The number of halogens is 1. The molecule has 0 bridgehead atoms. The monoisotopic (exact) mass is 254 g/mol. The van der Waals surface area contributed by atoms with Crippen molar-refractivity contribution in [3.05, 3.63) is 34.9 Å². The fraction of sp³-hybridized carbons (Fsp3) is 0.571. The summed E-state index contributed by atoms with van der Waals surface area (Å²) < 4.78 is 0. The third kappa shape index (κ3) is 5.07. The molecule has 0 spiro atoms.